The van der Waals surface area contributed by atoms with Crippen molar-refractivity contribution in [2.75, 3.05) is 50.9 Å². The maximum absolute atomic E-state index is 12.0. The predicted molar refractivity (Wildman–Crippen MR) is 103 cm³/mol. The van der Waals surface area contributed by atoms with E-state index in [1.54, 1.807) is 36.4 Å². The van der Waals surface area contributed by atoms with Crippen LogP contribution < -0.4 is 16.2 Å². The lowest BCUT2D eigenvalue weighted by molar-refractivity contribution is 0.0240. The van der Waals surface area contributed by atoms with Crippen LogP contribution in [0.5, 0.6) is 5.75 Å². The minimum atomic E-state index is -0.801. The van der Waals surface area contributed by atoms with Gasteiger partial charge in [-0.05, 0) is 24.3 Å². The number of aromatic nitrogens is 1. The SMILES string of the molecule is Nc1ccc(N=Nc2ccccc2OC(=O)OCCN2CCOCC2)c(N)n1. The van der Waals surface area contributed by atoms with Crippen LogP contribution in [0.15, 0.2) is 46.6 Å². The van der Waals surface area contributed by atoms with E-state index in [1.807, 2.05) is 0 Å². The molecule has 0 amide bonds. The number of anilines is 2. The summed E-state index contributed by atoms with van der Waals surface area (Å²) in [5.41, 5.74) is 12.0. The van der Waals surface area contributed by atoms with Crippen molar-refractivity contribution in [1.82, 2.24) is 9.88 Å². The third-order valence-corrected chi connectivity index (χ3v) is 3.98. The average Bonchev–Trinajstić information content (AvgIpc) is 2.69. The molecule has 1 aromatic carbocycles. The molecular formula is C18H22N6O4. The van der Waals surface area contributed by atoms with E-state index in [2.05, 4.69) is 20.1 Å². The van der Waals surface area contributed by atoms with Gasteiger partial charge in [-0.3, -0.25) is 4.90 Å². The van der Waals surface area contributed by atoms with Gasteiger partial charge in [0, 0.05) is 19.6 Å². The molecule has 0 atom stereocenters. The van der Waals surface area contributed by atoms with Crippen LogP contribution in [-0.2, 0) is 9.47 Å². The summed E-state index contributed by atoms with van der Waals surface area (Å²) in [6.45, 7) is 3.89. The highest BCUT2D eigenvalue weighted by Crippen LogP contribution is 2.30. The Hall–Kier alpha value is -3.24. The van der Waals surface area contributed by atoms with Crippen LogP contribution in [0.25, 0.3) is 0 Å². The van der Waals surface area contributed by atoms with Crippen molar-refractivity contribution < 1.29 is 19.0 Å². The van der Waals surface area contributed by atoms with E-state index in [9.17, 15) is 4.79 Å². The van der Waals surface area contributed by atoms with Crippen LogP contribution >= 0.6 is 0 Å². The second kappa shape index (κ2) is 9.62. The van der Waals surface area contributed by atoms with Crippen LogP contribution in [0.1, 0.15) is 0 Å². The molecule has 0 aliphatic carbocycles. The monoisotopic (exact) mass is 386 g/mol. The highest BCUT2D eigenvalue weighted by atomic mass is 16.7. The van der Waals surface area contributed by atoms with Crippen molar-refractivity contribution in [2.45, 2.75) is 0 Å². The van der Waals surface area contributed by atoms with Gasteiger partial charge < -0.3 is 25.7 Å². The number of para-hydroxylation sites is 1. The molecule has 1 aromatic heterocycles. The minimum absolute atomic E-state index is 0.157. The lowest BCUT2D eigenvalue weighted by Crippen LogP contribution is -2.38. The number of carbonyl (C=O) groups is 1. The molecule has 28 heavy (non-hydrogen) atoms. The predicted octanol–water partition coefficient (Wildman–Crippen LogP) is 2.51. The summed E-state index contributed by atoms with van der Waals surface area (Å²) in [4.78, 5) is 18.0. The molecule has 1 aliphatic rings. The van der Waals surface area contributed by atoms with Gasteiger partial charge in [-0.1, -0.05) is 12.1 Å². The van der Waals surface area contributed by atoms with E-state index in [1.165, 1.54) is 0 Å². The van der Waals surface area contributed by atoms with Crippen molar-refractivity contribution in [3.63, 3.8) is 0 Å². The van der Waals surface area contributed by atoms with Gasteiger partial charge in [-0.2, -0.15) is 0 Å². The number of ether oxygens (including phenoxy) is 3. The standard InChI is InChI=1S/C18H22N6O4/c19-16-6-5-14(17(20)21-16)23-22-13-3-1-2-4-15(13)28-18(25)27-12-9-24-7-10-26-11-8-24/h1-6H,7-12H2,(H4,19,20,21). The Balaban J connectivity index is 1.57. The third kappa shape index (κ3) is 5.63. The number of hydrogen-bond acceptors (Lipinski definition) is 10. The molecule has 2 heterocycles. The first-order valence-electron chi connectivity index (χ1n) is 8.79. The zero-order valence-corrected chi connectivity index (χ0v) is 15.3. The van der Waals surface area contributed by atoms with Crippen molar-refractivity contribution in [3.05, 3.63) is 36.4 Å². The molecule has 0 radical (unpaired) electrons. The highest BCUT2D eigenvalue weighted by molar-refractivity contribution is 5.67. The number of nitrogen functional groups attached to an aromatic ring is 2. The van der Waals surface area contributed by atoms with Crippen LogP contribution in [0.3, 0.4) is 0 Å². The summed E-state index contributed by atoms with van der Waals surface area (Å²) in [5, 5.41) is 8.12. The van der Waals surface area contributed by atoms with Gasteiger partial charge in [-0.25, -0.2) is 9.78 Å². The highest BCUT2D eigenvalue weighted by Gasteiger charge is 2.13. The Bertz CT molecular complexity index is 839. The van der Waals surface area contributed by atoms with Crippen LogP contribution in [0, 0.1) is 0 Å². The van der Waals surface area contributed by atoms with E-state index in [4.69, 9.17) is 25.7 Å². The first-order chi connectivity index (χ1) is 13.6. The van der Waals surface area contributed by atoms with Gasteiger partial charge in [0.25, 0.3) is 0 Å². The normalized spacial score (nSPS) is 14.9. The zero-order chi connectivity index (χ0) is 19.8. The average molecular weight is 386 g/mol. The quantitative estimate of drug-likeness (QED) is 0.439. The van der Waals surface area contributed by atoms with E-state index < -0.39 is 6.16 Å². The summed E-state index contributed by atoms with van der Waals surface area (Å²) >= 11 is 0. The Morgan fingerprint density at radius 2 is 1.86 bits per heavy atom. The van der Waals surface area contributed by atoms with Crippen molar-refractivity contribution in [1.29, 1.82) is 0 Å². The van der Waals surface area contributed by atoms with E-state index in [-0.39, 0.29) is 18.2 Å². The molecule has 1 saturated heterocycles. The Kier molecular flexibility index (Phi) is 6.71. The van der Waals surface area contributed by atoms with Gasteiger partial charge in [0.05, 0.1) is 13.2 Å². The fourth-order valence-corrected chi connectivity index (χ4v) is 2.50. The van der Waals surface area contributed by atoms with Crippen molar-refractivity contribution in [3.8, 4) is 5.75 Å². The summed E-state index contributed by atoms with van der Waals surface area (Å²) in [5.74, 6) is 0.675. The topological polar surface area (TPSA) is 138 Å². The second-order valence-electron chi connectivity index (χ2n) is 5.96. The largest absolute Gasteiger partial charge is 0.513 e. The number of azo groups is 1. The fourth-order valence-electron chi connectivity index (χ4n) is 2.50. The van der Waals surface area contributed by atoms with E-state index in [0.29, 0.717) is 37.0 Å². The first-order valence-corrected chi connectivity index (χ1v) is 8.79. The molecule has 0 unspecified atom stereocenters. The third-order valence-electron chi connectivity index (χ3n) is 3.98. The van der Waals surface area contributed by atoms with Crippen molar-refractivity contribution >= 4 is 29.2 Å². The van der Waals surface area contributed by atoms with Gasteiger partial charge in [0.1, 0.15) is 23.8 Å². The maximum atomic E-state index is 12.0. The fraction of sp³-hybridized carbons (Fsp3) is 0.333. The lowest BCUT2D eigenvalue weighted by Gasteiger charge is -2.25. The lowest BCUT2D eigenvalue weighted by atomic mass is 10.3. The van der Waals surface area contributed by atoms with Gasteiger partial charge in [-0.15, -0.1) is 10.2 Å². The molecule has 3 rings (SSSR count). The zero-order valence-electron chi connectivity index (χ0n) is 15.3. The molecule has 1 fully saturated rings. The molecule has 148 valence electrons. The molecule has 0 spiro atoms. The van der Waals surface area contributed by atoms with Crippen LogP contribution in [0.2, 0.25) is 0 Å². The first kappa shape index (κ1) is 19.5. The molecule has 10 nitrogen and oxygen atoms in total. The molecule has 0 bridgehead atoms. The summed E-state index contributed by atoms with van der Waals surface area (Å²) < 4.78 is 15.7. The van der Waals surface area contributed by atoms with Gasteiger partial charge in [0.15, 0.2) is 11.6 Å². The number of carbonyl (C=O) groups excluding carboxylic acids is 1. The van der Waals surface area contributed by atoms with E-state index in [0.717, 1.165) is 13.1 Å². The number of rotatable bonds is 6. The number of nitrogens with zero attached hydrogens (tertiary/aromatic N) is 4. The second-order valence-corrected chi connectivity index (χ2v) is 5.96. The number of morpholine rings is 1. The van der Waals surface area contributed by atoms with Crippen LogP contribution in [0.4, 0.5) is 27.8 Å². The summed E-state index contributed by atoms with van der Waals surface area (Å²) in [6.07, 6.45) is -0.801. The minimum Gasteiger partial charge on any atom is -0.433 e. The molecule has 10 heteroatoms. The maximum Gasteiger partial charge on any atom is 0.513 e. The van der Waals surface area contributed by atoms with Crippen LogP contribution in [-0.4, -0.2) is 55.5 Å². The summed E-state index contributed by atoms with van der Waals surface area (Å²) in [6, 6.07) is 9.89. The number of benzene rings is 1. The van der Waals surface area contributed by atoms with Gasteiger partial charge in [0.2, 0.25) is 0 Å². The summed E-state index contributed by atoms with van der Waals surface area (Å²) in [7, 11) is 0. The Labute approximate surface area is 162 Å². The Morgan fingerprint density at radius 1 is 1.11 bits per heavy atom. The Morgan fingerprint density at radius 3 is 2.64 bits per heavy atom. The number of hydrogen-bond donors (Lipinski definition) is 2. The van der Waals surface area contributed by atoms with Crippen molar-refractivity contribution in [2.24, 2.45) is 10.2 Å². The molecular weight excluding hydrogens is 364 g/mol. The molecule has 2 aromatic rings. The smallest absolute Gasteiger partial charge is 0.433 e. The number of pyridine rings is 1. The van der Waals surface area contributed by atoms with Gasteiger partial charge >= 0.3 is 6.16 Å². The number of nitrogens with two attached hydrogens (primary N) is 2. The molecule has 0 saturated carbocycles. The molecule has 4 N–H and O–H groups in total. The molecule has 1 aliphatic heterocycles. The van der Waals surface area contributed by atoms with E-state index >= 15 is 0 Å².